The van der Waals surface area contributed by atoms with Crippen molar-refractivity contribution in [2.75, 3.05) is 14.7 Å². The smallest absolute Gasteiger partial charge is 0.0885 e. The number of hydrogen-bond acceptors (Lipinski definition) is 5. The molecule has 0 spiro atoms. The van der Waals surface area contributed by atoms with E-state index in [1.54, 1.807) is 12.4 Å². The van der Waals surface area contributed by atoms with E-state index in [0.29, 0.717) is 0 Å². The molecule has 3 aliphatic heterocycles. The van der Waals surface area contributed by atoms with Gasteiger partial charge in [0, 0.05) is 51.3 Å². The van der Waals surface area contributed by atoms with Crippen LogP contribution >= 0.6 is 0 Å². The predicted octanol–water partition coefficient (Wildman–Crippen LogP) is 16.4. The van der Waals surface area contributed by atoms with Crippen LogP contribution in [0.1, 0.15) is 80.5 Å². The minimum absolute atomic E-state index is 0.146. The molecule has 12 rings (SSSR count). The molecule has 3 aliphatic rings. The van der Waals surface area contributed by atoms with Crippen LogP contribution in [0.3, 0.4) is 0 Å². The molecular weight excluding hydrogens is 815 g/mol. The molecule has 0 saturated heterocycles. The Labute approximate surface area is 394 Å². The van der Waals surface area contributed by atoms with Crippen molar-refractivity contribution >= 4 is 51.2 Å². The van der Waals surface area contributed by atoms with Gasteiger partial charge in [-0.3, -0.25) is 9.97 Å². The molecule has 0 saturated carbocycles. The van der Waals surface area contributed by atoms with Gasteiger partial charge in [0.25, 0.3) is 0 Å². The number of rotatable bonds is 5. The molecule has 0 bridgehead atoms. The van der Waals surface area contributed by atoms with Crippen molar-refractivity contribution in [1.82, 2.24) is 9.97 Å². The number of hydrogen-bond donors (Lipinski definition) is 0. The van der Waals surface area contributed by atoms with Crippen molar-refractivity contribution in [1.29, 1.82) is 0 Å². The van der Waals surface area contributed by atoms with Gasteiger partial charge in [0.1, 0.15) is 0 Å². The highest BCUT2D eigenvalue weighted by atomic mass is 15.2. The van der Waals surface area contributed by atoms with E-state index in [-0.39, 0.29) is 16.2 Å². The number of nitrogens with zero attached hydrogens (tertiary/aromatic N) is 5. The van der Waals surface area contributed by atoms with E-state index in [9.17, 15) is 0 Å². The second kappa shape index (κ2) is 14.9. The number of fused-ring (bicyclic) bond motifs is 6. The molecule has 8 aromatic carbocycles. The highest BCUT2D eigenvalue weighted by Crippen LogP contribution is 2.58. The van der Waals surface area contributed by atoms with Crippen LogP contribution in [0, 0.1) is 6.92 Å². The van der Waals surface area contributed by atoms with E-state index < -0.39 is 0 Å². The fourth-order valence-corrected chi connectivity index (χ4v) is 11.5. The Hall–Kier alpha value is -7.76. The lowest BCUT2D eigenvalue weighted by molar-refractivity contribution is 0.626. The average molecular weight is 868 g/mol. The monoisotopic (exact) mass is 867 g/mol. The first-order chi connectivity index (χ1) is 32.4. The Balaban J connectivity index is 1.04. The Morgan fingerprint density at radius 3 is 1.16 bits per heavy atom. The second-order valence-corrected chi connectivity index (χ2v) is 20.0. The molecule has 67 heavy (non-hydrogen) atoms. The van der Waals surface area contributed by atoms with E-state index >= 15 is 0 Å². The molecular formula is C62H53N5. The number of aromatic nitrogens is 2. The number of benzene rings is 8. The summed E-state index contributed by atoms with van der Waals surface area (Å²) in [5.41, 5.74) is 23.4. The Bertz CT molecular complexity index is 3160. The minimum atomic E-state index is -0.381. The van der Waals surface area contributed by atoms with E-state index in [4.69, 9.17) is 0 Å². The molecule has 9 aromatic rings. The van der Waals surface area contributed by atoms with Crippen molar-refractivity contribution in [2.45, 2.75) is 64.7 Å². The van der Waals surface area contributed by atoms with Crippen molar-refractivity contribution in [3.63, 3.8) is 0 Å². The fourth-order valence-electron chi connectivity index (χ4n) is 11.5. The molecule has 0 fully saturated rings. The maximum Gasteiger partial charge on any atom is 0.0885 e. The molecule has 0 aliphatic carbocycles. The highest BCUT2D eigenvalue weighted by molar-refractivity contribution is 5.94. The van der Waals surface area contributed by atoms with Crippen LogP contribution in [0.15, 0.2) is 195 Å². The molecule has 0 amide bonds. The molecule has 1 aromatic heterocycles. The maximum absolute atomic E-state index is 4.52. The summed E-state index contributed by atoms with van der Waals surface area (Å²) in [6, 6.07) is 65.7. The van der Waals surface area contributed by atoms with Crippen molar-refractivity contribution < 1.29 is 0 Å². The van der Waals surface area contributed by atoms with Crippen molar-refractivity contribution in [3.8, 4) is 22.4 Å². The molecule has 0 N–H and O–H groups in total. The van der Waals surface area contributed by atoms with Crippen LogP contribution in [0.2, 0.25) is 0 Å². The van der Waals surface area contributed by atoms with Gasteiger partial charge in [0.2, 0.25) is 0 Å². The Kier molecular flexibility index (Phi) is 9.05. The molecule has 5 heteroatoms. The van der Waals surface area contributed by atoms with Gasteiger partial charge in [-0.1, -0.05) is 145 Å². The third-order valence-electron chi connectivity index (χ3n) is 15.1. The van der Waals surface area contributed by atoms with Gasteiger partial charge in [-0.2, -0.15) is 0 Å². The topological polar surface area (TPSA) is 35.5 Å². The zero-order valence-corrected chi connectivity index (χ0v) is 39.2. The summed E-state index contributed by atoms with van der Waals surface area (Å²) in [7, 11) is 0. The number of anilines is 9. The van der Waals surface area contributed by atoms with E-state index in [2.05, 4.69) is 249 Å². The summed E-state index contributed by atoms with van der Waals surface area (Å²) in [5, 5.41) is 0. The van der Waals surface area contributed by atoms with Gasteiger partial charge in [-0.15, -0.1) is 0 Å². The van der Waals surface area contributed by atoms with E-state index in [0.717, 1.165) is 33.9 Å². The highest BCUT2D eigenvalue weighted by Gasteiger charge is 2.42. The first-order valence-corrected chi connectivity index (χ1v) is 23.5. The summed E-state index contributed by atoms with van der Waals surface area (Å²) in [6.45, 7) is 16.5. The van der Waals surface area contributed by atoms with Crippen LogP contribution < -0.4 is 14.7 Å². The first kappa shape index (κ1) is 40.7. The molecule has 5 nitrogen and oxygen atoms in total. The average Bonchev–Trinajstić information content (AvgIpc) is 3.35. The summed E-state index contributed by atoms with van der Waals surface area (Å²) in [6.07, 6.45) is 5.26. The molecule has 326 valence electrons. The molecule has 0 radical (unpaired) electrons. The van der Waals surface area contributed by atoms with Gasteiger partial charge in [0.05, 0.1) is 46.0 Å². The lowest BCUT2D eigenvalue weighted by Crippen LogP contribution is -2.33. The molecule has 0 atom stereocenters. The van der Waals surface area contributed by atoms with Crippen LogP contribution in [-0.2, 0) is 16.2 Å². The normalized spacial score (nSPS) is 15.7. The van der Waals surface area contributed by atoms with Gasteiger partial charge >= 0.3 is 0 Å². The minimum Gasteiger partial charge on any atom is -0.310 e. The third kappa shape index (κ3) is 6.14. The lowest BCUT2D eigenvalue weighted by atomic mass is 9.72. The maximum atomic E-state index is 4.52. The van der Waals surface area contributed by atoms with Gasteiger partial charge in [-0.05, 0) is 130 Å². The first-order valence-electron chi connectivity index (χ1n) is 23.5. The molecule has 0 unspecified atom stereocenters. The summed E-state index contributed by atoms with van der Waals surface area (Å²) < 4.78 is 0. The summed E-state index contributed by atoms with van der Waals surface area (Å²) in [4.78, 5) is 16.3. The van der Waals surface area contributed by atoms with Crippen LogP contribution in [0.4, 0.5) is 51.2 Å². The van der Waals surface area contributed by atoms with Crippen molar-refractivity contribution in [2.24, 2.45) is 0 Å². The third-order valence-corrected chi connectivity index (χ3v) is 15.1. The number of aryl methyl sites for hydroxylation is 1. The Morgan fingerprint density at radius 1 is 0.343 bits per heavy atom. The van der Waals surface area contributed by atoms with E-state index in [1.165, 1.54) is 78.6 Å². The summed E-state index contributed by atoms with van der Waals surface area (Å²) in [5.74, 6) is 0. The van der Waals surface area contributed by atoms with Crippen LogP contribution in [0.5, 0.6) is 0 Å². The van der Waals surface area contributed by atoms with E-state index in [1.807, 2.05) is 6.20 Å². The second-order valence-electron chi connectivity index (χ2n) is 20.0. The standard InChI is InChI=1S/C62H53N5/c1-40-36-43(41-24-26-42(27-25-41)52-39-63-34-35-64-52)28-31-53(40)67-58-32-29-44(65-54-20-12-8-16-46(54)60(2,3)47-17-9-13-21-55(47)65)37-50(58)62(6,7)51-38-45(30-33-59(51)67)66-56-22-14-10-18-48(56)61(4,5)49-19-11-15-23-57(49)66/h8-39H,1-7H3. The van der Waals surface area contributed by atoms with Crippen LogP contribution in [-0.4, -0.2) is 9.97 Å². The lowest BCUT2D eigenvalue weighted by Gasteiger charge is -2.46. The van der Waals surface area contributed by atoms with Gasteiger partial charge in [-0.25, -0.2) is 0 Å². The summed E-state index contributed by atoms with van der Waals surface area (Å²) >= 11 is 0. The van der Waals surface area contributed by atoms with Gasteiger partial charge in [0.15, 0.2) is 0 Å². The fraction of sp³-hybridized carbons (Fsp3) is 0.161. The predicted molar refractivity (Wildman–Crippen MR) is 278 cm³/mol. The zero-order valence-electron chi connectivity index (χ0n) is 39.2. The van der Waals surface area contributed by atoms with Crippen LogP contribution in [0.25, 0.3) is 22.4 Å². The SMILES string of the molecule is Cc1cc(-c2ccc(-c3cnccn3)cc2)ccc1N1c2ccc(N3c4ccccc4C(C)(C)c4ccccc43)cc2C(C)(C)c2cc(N3c4ccccc4C(C)(C)c4ccccc43)ccc21. The Morgan fingerprint density at radius 2 is 0.731 bits per heavy atom. The van der Waals surface area contributed by atoms with Crippen molar-refractivity contribution in [3.05, 3.63) is 233 Å². The number of para-hydroxylation sites is 4. The largest absolute Gasteiger partial charge is 0.310 e. The quantitative estimate of drug-likeness (QED) is 0.172. The zero-order chi connectivity index (χ0) is 45.8. The van der Waals surface area contributed by atoms with Gasteiger partial charge < -0.3 is 14.7 Å². The molecule has 4 heterocycles.